The lowest BCUT2D eigenvalue weighted by Gasteiger charge is -2.22. The molecule has 0 aliphatic carbocycles. The van der Waals surface area contributed by atoms with Gasteiger partial charge in [-0.2, -0.15) is 0 Å². The van der Waals surface area contributed by atoms with Crippen LogP contribution in [0.5, 0.6) is 0 Å². The molecule has 0 unspecified atom stereocenters. The maximum Gasteiger partial charge on any atom is 0.335 e. The highest BCUT2D eigenvalue weighted by atomic mass is 16.4. The van der Waals surface area contributed by atoms with Crippen LogP contribution in [0.15, 0.2) is 109 Å². The van der Waals surface area contributed by atoms with Gasteiger partial charge in [0, 0.05) is 36.2 Å². The third-order valence-electron chi connectivity index (χ3n) is 4.82. The zero-order chi connectivity index (χ0) is 21.1. The smallest absolute Gasteiger partial charge is 0.335 e. The van der Waals surface area contributed by atoms with Gasteiger partial charge in [0.2, 0.25) is 0 Å². The minimum atomic E-state index is -0.943. The molecular formula is C24H18N2O4. The van der Waals surface area contributed by atoms with Crippen molar-refractivity contribution in [3.8, 4) is 0 Å². The predicted molar refractivity (Wildman–Crippen MR) is 115 cm³/mol. The number of benzene rings is 2. The van der Waals surface area contributed by atoms with E-state index >= 15 is 0 Å². The summed E-state index contributed by atoms with van der Waals surface area (Å²) in [5.41, 5.74) is 4.35. The second-order valence-electron chi connectivity index (χ2n) is 6.69. The fraction of sp³-hybridized carbons (Fsp3) is 0. The highest BCUT2D eigenvalue weighted by Crippen LogP contribution is 2.25. The van der Waals surface area contributed by atoms with E-state index in [9.17, 15) is 9.59 Å². The highest BCUT2D eigenvalue weighted by molar-refractivity contribution is 5.88. The molecule has 2 aromatic rings. The van der Waals surface area contributed by atoms with Gasteiger partial charge in [-0.3, -0.25) is 0 Å². The van der Waals surface area contributed by atoms with Crippen LogP contribution in [0.3, 0.4) is 0 Å². The number of allylic oxidation sites excluding steroid dienone is 6. The summed E-state index contributed by atoms with van der Waals surface area (Å²) in [6.45, 7) is 0. The van der Waals surface area contributed by atoms with Crippen molar-refractivity contribution in [2.24, 2.45) is 0 Å². The lowest BCUT2D eigenvalue weighted by Crippen LogP contribution is -2.12. The fourth-order valence-corrected chi connectivity index (χ4v) is 3.13. The minimum Gasteiger partial charge on any atom is -0.478 e. The Morgan fingerprint density at radius 3 is 1.10 bits per heavy atom. The quantitative estimate of drug-likeness (QED) is 0.772. The number of nitrogens with zero attached hydrogens (tertiary/aromatic N) is 2. The lowest BCUT2D eigenvalue weighted by molar-refractivity contribution is 0.0686. The van der Waals surface area contributed by atoms with E-state index in [0.29, 0.717) is 0 Å². The number of carbonyl (C=O) groups is 2. The first-order valence-electron chi connectivity index (χ1n) is 9.22. The van der Waals surface area contributed by atoms with Gasteiger partial charge in [0.25, 0.3) is 0 Å². The van der Waals surface area contributed by atoms with Gasteiger partial charge in [-0.15, -0.1) is 0 Å². The normalized spacial score (nSPS) is 15.1. The summed E-state index contributed by atoms with van der Waals surface area (Å²) >= 11 is 0. The Labute approximate surface area is 173 Å². The number of hydrogen-bond acceptors (Lipinski definition) is 4. The van der Waals surface area contributed by atoms with E-state index in [0.717, 1.165) is 22.5 Å². The van der Waals surface area contributed by atoms with Crippen LogP contribution in [-0.2, 0) is 0 Å². The van der Waals surface area contributed by atoms with Gasteiger partial charge in [0.15, 0.2) is 0 Å². The molecule has 0 fully saturated rings. The maximum atomic E-state index is 11.0. The van der Waals surface area contributed by atoms with E-state index < -0.39 is 11.9 Å². The summed E-state index contributed by atoms with van der Waals surface area (Å²) in [6, 6.07) is 13.4. The standard InChI is InChI=1S/C24H18N2O4/c27-23(28)19-1-5-21(6-2-19)25-13-9-17(10-14-25)18-11-15-26(16-12-18)22-7-3-20(4-8-22)24(29)30/h1-16H,(H,27,28)(H,29,30). The maximum absolute atomic E-state index is 11.0. The van der Waals surface area contributed by atoms with E-state index in [1.54, 1.807) is 48.5 Å². The Morgan fingerprint density at radius 1 is 0.533 bits per heavy atom. The van der Waals surface area contributed by atoms with Crippen LogP contribution in [0.1, 0.15) is 20.7 Å². The number of rotatable bonds is 4. The molecule has 6 nitrogen and oxygen atoms in total. The van der Waals surface area contributed by atoms with Crippen molar-refractivity contribution >= 4 is 23.3 Å². The number of carboxylic acid groups (broad SMARTS) is 2. The van der Waals surface area contributed by atoms with E-state index in [2.05, 4.69) is 0 Å². The molecule has 2 aromatic carbocycles. The molecule has 0 aromatic heterocycles. The van der Waals surface area contributed by atoms with Gasteiger partial charge >= 0.3 is 11.9 Å². The van der Waals surface area contributed by atoms with Crippen LogP contribution in [-0.4, -0.2) is 22.2 Å². The van der Waals surface area contributed by atoms with E-state index in [1.165, 1.54) is 0 Å². The Hall–Kier alpha value is -4.32. The average molecular weight is 398 g/mol. The van der Waals surface area contributed by atoms with E-state index in [1.807, 2.05) is 58.9 Å². The number of carboxylic acids is 2. The van der Waals surface area contributed by atoms with Crippen LogP contribution in [0.2, 0.25) is 0 Å². The first kappa shape index (κ1) is 19.0. The Kier molecular flexibility index (Phi) is 5.05. The molecule has 2 heterocycles. The molecule has 0 atom stereocenters. The molecule has 30 heavy (non-hydrogen) atoms. The van der Waals surface area contributed by atoms with Crippen LogP contribution < -0.4 is 9.80 Å². The van der Waals surface area contributed by atoms with Gasteiger partial charge in [-0.25, -0.2) is 9.59 Å². The largest absolute Gasteiger partial charge is 0.478 e. The first-order chi connectivity index (χ1) is 14.5. The summed E-state index contributed by atoms with van der Waals surface area (Å²) in [4.78, 5) is 25.8. The second-order valence-corrected chi connectivity index (χ2v) is 6.69. The summed E-state index contributed by atoms with van der Waals surface area (Å²) in [6.07, 6.45) is 15.7. The Bertz CT molecular complexity index is 1010. The molecular weight excluding hydrogens is 380 g/mol. The lowest BCUT2D eigenvalue weighted by atomic mass is 10.0. The topological polar surface area (TPSA) is 81.1 Å². The van der Waals surface area contributed by atoms with Crippen molar-refractivity contribution in [2.45, 2.75) is 0 Å². The Balaban J connectivity index is 1.46. The van der Waals surface area contributed by atoms with Crippen molar-refractivity contribution in [1.82, 2.24) is 0 Å². The summed E-state index contributed by atoms with van der Waals surface area (Å²) in [7, 11) is 0. The zero-order valence-corrected chi connectivity index (χ0v) is 15.8. The van der Waals surface area contributed by atoms with Crippen LogP contribution in [0.4, 0.5) is 11.4 Å². The molecule has 148 valence electrons. The number of aromatic carboxylic acids is 2. The SMILES string of the molecule is O=C(O)c1ccc(N2C=CC(=C3C=CN(c4ccc(C(=O)O)cc4)C=C3)C=C2)cc1. The molecule has 0 radical (unpaired) electrons. The molecule has 0 saturated heterocycles. The minimum absolute atomic E-state index is 0.256. The van der Waals surface area contributed by atoms with Gasteiger partial charge in [0.1, 0.15) is 0 Å². The van der Waals surface area contributed by atoms with Crippen molar-refractivity contribution < 1.29 is 19.8 Å². The molecule has 0 bridgehead atoms. The summed E-state index contributed by atoms with van der Waals surface area (Å²) < 4.78 is 0. The van der Waals surface area contributed by atoms with E-state index in [4.69, 9.17) is 10.2 Å². The summed E-state index contributed by atoms with van der Waals surface area (Å²) in [5, 5.41) is 18.0. The molecule has 4 rings (SSSR count). The number of anilines is 2. The van der Waals surface area contributed by atoms with Crippen molar-refractivity contribution in [3.05, 3.63) is 120 Å². The number of hydrogen-bond donors (Lipinski definition) is 2. The van der Waals surface area contributed by atoms with E-state index in [-0.39, 0.29) is 11.1 Å². The molecule has 0 saturated carbocycles. The molecule has 2 aliphatic rings. The predicted octanol–water partition coefficient (Wildman–Crippen LogP) is 4.77. The van der Waals surface area contributed by atoms with Gasteiger partial charge < -0.3 is 20.0 Å². The van der Waals surface area contributed by atoms with Crippen LogP contribution in [0.25, 0.3) is 0 Å². The third kappa shape index (κ3) is 3.93. The van der Waals surface area contributed by atoms with Crippen molar-refractivity contribution in [2.75, 3.05) is 9.80 Å². The molecule has 0 amide bonds. The van der Waals surface area contributed by atoms with Gasteiger partial charge in [-0.1, -0.05) is 0 Å². The summed E-state index contributed by atoms with van der Waals surface area (Å²) in [5.74, 6) is -1.89. The van der Waals surface area contributed by atoms with Crippen LogP contribution >= 0.6 is 0 Å². The molecule has 2 N–H and O–H groups in total. The first-order valence-corrected chi connectivity index (χ1v) is 9.22. The molecule has 2 aliphatic heterocycles. The average Bonchev–Trinajstić information content (AvgIpc) is 2.79. The van der Waals surface area contributed by atoms with Crippen LogP contribution in [0, 0.1) is 0 Å². The zero-order valence-electron chi connectivity index (χ0n) is 15.8. The monoisotopic (exact) mass is 398 g/mol. The fourth-order valence-electron chi connectivity index (χ4n) is 3.13. The highest BCUT2D eigenvalue weighted by Gasteiger charge is 2.10. The van der Waals surface area contributed by atoms with Gasteiger partial charge in [-0.05, 0) is 84.0 Å². The van der Waals surface area contributed by atoms with Crippen molar-refractivity contribution in [1.29, 1.82) is 0 Å². The molecule has 6 heteroatoms. The Morgan fingerprint density at radius 2 is 0.833 bits per heavy atom. The second kappa shape index (κ2) is 7.97. The van der Waals surface area contributed by atoms with Gasteiger partial charge in [0.05, 0.1) is 11.1 Å². The molecule has 0 spiro atoms. The third-order valence-corrected chi connectivity index (χ3v) is 4.82. The van der Waals surface area contributed by atoms with Crippen molar-refractivity contribution in [3.63, 3.8) is 0 Å².